The molecule has 1 unspecified atom stereocenters. The molecule has 4 atom stereocenters. The van der Waals surface area contributed by atoms with E-state index in [1.807, 2.05) is 37.4 Å². The van der Waals surface area contributed by atoms with Crippen LogP contribution < -0.4 is 5.32 Å². The number of aliphatic hydroxyl groups excluding tert-OH is 1. The third-order valence-corrected chi connectivity index (χ3v) is 4.81. The van der Waals surface area contributed by atoms with Crippen molar-refractivity contribution in [3.63, 3.8) is 0 Å². The summed E-state index contributed by atoms with van der Waals surface area (Å²) >= 11 is 0. The lowest BCUT2D eigenvalue weighted by Crippen LogP contribution is -2.38. The topological polar surface area (TPSA) is 50.7 Å². The first-order valence-corrected chi connectivity index (χ1v) is 8.37. The predicted octanol–water partition coefficient (Wildman–Crippen LogP) is 2.84. The summed E-state index contributed by atoms with van der Waals surface area (Å²) in [6, 6.07) is 18.4. The molecule has 1 heterocycles. The molecular weight excluding hydrogens is 302 g/mol. The van der Waals surface area contributed by atoms with Crippen LogP contribution in [0.15, 0.2) is 54.6 Å². The Labute approximate surface area is 143 Å². The van der Waals surface area contributed by atoms with Gasteiger partial charge in [-0.3, -0.25) is 0 Å². The first-order chi connectivity index (χ1) is 11.8. The molecule has 0 aliphatic carbocycles. The van der Waals surface area contributed by atoms with Crippen LogP contribution in [0, 0.1) is 5.92 Å². The van der Waals surface area contributed by atoms with E-state index in [-0.39, 0.29) is 31.0 Å². The second-order valence-electron chi connectivity index (χ2n) is 6.15. The van der Waals surface area contributed by atoms with Gasteiger partial charge in [-0.15, -0.1) is 0 Å². The number of ether oxygens (including phenoxy) is 2. The van der Waals surface area contributed by atoms with Crippen molar-refractivity contribution in [2.24, 2.45) is 5.92 Å². The van der Waals surface area contributed by atoms with E-state index in [1.54, 1.807) is 7.11 Å². The minimum Gasteiger partial charge on any atom is -0.396 e. The standard InChI is InChI=1S/C20H25NO3/c1-21-19(14-8-4-3-5-9-14)17(13-22)20-16-11-7-6-10-15(16)12-18(23-2)24-20/h3-11,17-22H,12-13H2,1-2H3/t17-,18?,19+,20-/m1/s1. The van der Waals surface area contributed by atoms with Crippen molar-refractivity contribution < 1.29 is 14.6 Å². The minimum atomic E-state index is -0.285. The van der Waals surface area contributed by atoms with E-state index < -0.39 is 0 Å². The highest BCUT2D eigenvalue weighted by molar-refractivity contribution is 5.33. The molecule has 4 heteroatoms. The number of nitrogens with one attached hydrogen (secondary N) is 1. The fourth-order valence-electron chi connectivity index (χ4n) is 3.60. The lowest BCUT2D eigenvalue weighted by molar-refractivity contribution is -0.185. The molecule has 128 valence electrons. The summed E-state index contributed by atoms with van der Waals surface area (Å²) in [5, 5.41) is 13.5. The maximum atomic E-state index is 10.2. The Hall–Kier alpha value is -1.72. The van der Waals surface area contributed by atoms with Crippen LogP contribution in [0.5, 0.6) is 0 Å². The number of aliphatic hydroxyl groups is 1. The Kier molecular flexibility index (Phi) is 5.63. The van der Waals surface area contributed by atoms with Crippen LogP contribution in [-0.4, -0.2) is 32.2 Å². The Balaban J connectivity index is 1.97. The first-order valence-electron chi connectivity index (χ1n) is 8.37. The molecule has 1 aliphatic heterocycles. The molecule has 0 bridgehead atoms. The number of rotatable bonds is 6. The van der Waals surface area contributed by atoms with Crippen molar-refractivity contribution in [1.82, 2.24) is 5.32 Å². The van der Waals surface area contributed by atoms with Gasteiger partial charge in [0.25, 0.3) is 0 Å². The molecule has 0 aromatic heterocycles. The molecule has 2 N–H and O–H groups in total. The monoisotopic (exact) mass is 327 g/mol. The van der Waals surface area contributed by atoms with Crippen molar-refractivity contribution in [3.8, 4) is 0 Å². The van der Waals surface area contributed by atoms with Crippen LogP contribution in [0.2, 0.25) is 0 Å². The summed E-state index contributed by atoms with van der Waals surface area (Å²) < 4.78 is 11.7. The van der Waals surface area contributed by atoms with Crippen LogP contribution in [-0.2, 0) is 15.9 Å². The molecule has 0 spiro atoms. The van der Waals surface area contributed by atoms with Crippen LogP contribution in [0.25, 0.3) is 0 Å². The molecule has 2 aromatic rings. The Bertz CT molecular complexity index is 646. The summed E-state index contributed by atoms with van der Waals surface area (Å²) in [5.74, 6) is -0.114. The molecule has 0 fully saturated rings. The number of methoxy groups -OCH3 is 1. The zero-order chi connectivity index (χ0) is 16.9. The largest absolute Gasteiger partial charge is 0.396 e. The molecule has 0 saturated carbocycles. The fourth-order valence-corrected chi connectivity index (χ4v) is 3.60. The lowest BCUT2D eigenvalue weighted by Gasteiger charge is -2.38. The van der Waals surface area contributed by atoms with Crippen LogP contribution in [0.1, 0.15) is 28.8 Å². The van der Waals surface area contributed by atoms with Gasteiger partial charge in [0.05, 0.1) is 12.7 Å². The van der Waals surface area contributed by atoms with E-state index in [4.69, 9.17) is 9.47 Å². The van der Waals surface area contributed by atoms with Crippen LogP contribution >= 0.6 is 0 Å². The van der Waals surface area contributed by atoms with Gasteiger partial charge in [0.1, 0.15) is 0 Å². The van der Waals surface area contributed by atoms with E-state index in [0.29, 0.717) is 0 Å². The Morgan fingerprint density at radius 2 is 1.88 bits per heavy atom. The van der Waals surface area contributed by atoms with E-state index in [0.717, 1.165) is 17.5 Å². The average molecular weight is 327 g/mol. The fraction of sp³-hybridized carbons (Fsp3) is 0.400. The molecule has 2 aromatic carbocycles. The quantitative estimate of drug-likeness (QED) is 0.857. The van der Waals surface area contributed by atoms with E-state index >= 15 is 0 Å². The van der Waals surface area contributed by atoms with Gasteiger partial charge in [-0.2, -0.15) is 0 Å². The molecular formula is C20H25NO3. The molecule has 24 heavy (non-hydrogen) atoms. The SMILES string of the molecule is CN[C@@H](c1ccccc1)[C@@H](CO)[C@@H]1OC(OC)Cc2ccccc21. The Morgan fingerprint density at radius 3 is 2.54 bits per heavy atom. The number of benzene rings is 2. The van der Waals surface area contributed by atoms with Gasteiger partial charge in [-0.1, -0.05) is 54.6 Å². The van der Waals surface area contributed by atoms with Crippen molar-refractivity contribution in [1.29, 1.82) is 0 Å². The predicted molar refractivity (Wildman–Crippen MR) is 93.6 cm³/mol. The highest BCUT2D eigenvalue weighted by atomic mass is 16.7. The summed E-state index contributed by atoms with van der Waals surface area (Å²) in [6.07, 6.45) is 0.228. The van der Waals surface area contributed by atoms with E-state index in [1.165, 1.54) is 5.56 Å². The highest BCUT2D eigenvalue weighted by Gasteiger charge is 2.37. The first kappa shape index (κ1) is 17.1. The zero-order valence-electron chi connectivity index (χ0n) is 14.2. The molecule has 3 rings (SSSR count). The minimum absolute atomic E-state index is 0.00939. The normalized spacial score (nSPS) is 22.6. The third kappa shape index (κ3) is 3.37. The van der Waals surface area contributed by atoms with Crippen molar-refractivity contribution in [2.45, 2.75) is 24.9 Å². The van der Waals surface area contributed by atoms with Crippen LogP contribution in [0.3, 0.4) is 0 Å². The molecule has 0 radical (unpaired) electrons. The van der Waals surface area contributed by atoms with E-state index in [9.17, 15) is 5.11 Å². The van der Waals surface area contributed by atoms with Crippen LogP contribution in [0.4, 0.5) is 0 Å². The number of fused-ring (bicyclic) bond motifs is 1. The second kappa shape index (κ2) is 7.90. The van der Waals surface area contributed by atoms with Gasteiger partial charge in [-0.05, 0) is 23.7 Å². The average Bonchev–Trinajstić information content (AvgIpc) is 2.66. The molecule has 4 nitrogen and oxygen atoms in total. The maximum Gasteiger partial charge on any atom is 0.162 e. The summed E-state index contributed by atoms with van der Waals surface area (Å²) in [5.41, 5.74) is 3.50. The van der Waals surface area contributed by atoms with Gasteiger partial charge in [0.15, 0.2) is 6.29 Å². The molecule has 0 saturated heterocycles. The van der Waals surface area contributed by atoms with Crippen molar-refractivity contribution >= 4 is 0 Å². The smallest absolute Gasteiger partial charge is 0.162 e. The van der Waals surface area contributed by atoms with Gasteiger partial charge >= 0.3 is 0 Å². The van der Waals surface area contributed by atoms with Gasteiger partial charge in [-0.25, -0.2) is 0 Å². The summed E-state index contributed by atoms with van der Waals surface area (Å²) in [7, 11) is 3.58. The van der Waals surface area contributed by atoms with Crippen molar-refractivity contribution in [3.05, 3.63) is 71.3 Å². The maximum absolute atomic E-state index is 10.2. The van der Waals surface area contributed by atoms with Gasteiger partial charge in [0, 0.05) is 25.5 Å². The van der Waals surface area contributed by atoms with Gasteiger partial charge < -0.3 is 19.9 Å². The van der Waals surface area contributed by atoms with Gasteiger partial charge in [0.2, 0.25) is 0 Å². The molecule has 0 amide bonds. The summed E-state index contributed by atoms with van der Waals surface area (Å²) in [6.45, 7) is 0.0236. The number of hydrogen-bond donors (Lipinski definition) is 2. The second-order valence-corrected chi connectivity index (χ2v) is 6.15. The van der Waals surface area contributed by atoms with Crippen molar-refractivity contribution in [2.75, 3.05) is 20.8 Å². The Morgan fingerprint density at radius 1 is 1.17 bits per heavy atom. The van der Waals surface area contributed by atoms with E-state index in [2.05, 4.69) is 29.6 Å². The molecule has 1 aliphatic rings. The lowest BCUT2D eigenvalue weighted by atomic mass is 9.82. The highest BCUT2D eigenvalue weighted by Crippen LogP contribution is 2.40. The summed E-state index contributed by atoms with van der Waals surface area (Å²) in [4.78, 5) is 0. The third-order valence-electron chi connectivity index (χ3n) is 4.81. The zero-order valence-corrected chi connectivity index (χ0v) is 14.2. The number of hydrogen-bond acceptors (Lipinski definition) is 4.